The van der Waals surface area contributed by atoms with E-state index in [2.05, 4.69) is 32.6 Å². The zero-order valence-electron chi connectivity index (χ0n) is 10.4. The molecule has 0 aromatic rings. The molecule has 0 aliphatic rings. The van der Waals surface area contributed by atoms with Crippen molar-refractivity contribution < 1.29 is 0 Å². The predicted octanol–water partition coefficient (Wildman–Crippen LogP) is 2.34. The first-order valence-corrected chi connectivity index (χ1v) is 6.10. The molecule has 0 saturated heterocycles. The fourth-order valence-electron chi connectivity index (χ4n) is 1.76. The van der Waals surface area contributed by atoms with Gasteiger partial charge in [0.05, 0.1) is 0 Å². The molecule has 0 radical (unpaired) electrons. The van der Waals surface area contributed by atoms with E-state index in [4.69, 9.17) is 5.73 Å². The molecular weight excluding hydrogens is 172 g/mol. The van der Waals surface area contributed by atoms with Crippen molar-refractivity contribution in [2.45, 2.75) is 40.5 Å². The lowest BCUT2D eigenvalue weighted by atomic mass is 10.0. The van der Waals surface area contributed by atoms with Crippen LogP contribution in [-0.4, -0.2) is 31.1 Å². The van der Waals surface area contributed by atoms with E-state index in [0.29, 0.717) is 5.92 Å². The van der Waals surface area contributed by atoms with Crippen molar-refractivity contribution >= 4 is 0 Å². The summed E-state index contributed by atoms with van der Waals surface area (Å²) >= 11 is 0. The molecule has 0 saturated carbocycles. The molecule has 86 valence electrons. The predicted molar refractivity (Wildman–Crippen MR) is 64.4 cm³/mol. The van der Waals surface area contributed by atoms with Crippen molar-refractivity contribution in [2.75, 3.05) is 26.2 Å². The SMILES string of the molecule is CCC(CC)CN(CC)CC(C)CN. The molecule has 0 aromatic carbocycles. The minimum atomic E-state index is 0.629. The molecule has 2 nitrogen and oxygen atoms in total. The Hall–Kier alpha value is -0.0800. The molecule has 2 heteroatoms. The van der Waals surface area contributed by atoms with Gasteiger partial charge in [-0.1, -0.05) is 40.5 Å². The number of nitrogens with zero attached hydrogens (tertiary/aromatic N) is 1. The van der Waals surface area contributed by atoms with E-state index in [0.717, 1.165) is 25.6 Å². The third-order valence-electron chi connectivity index (χ3n) is 3.09. The van der Waals surface area contributed by atoms with Crippen molar-refractivity contribution in [3.63, 3.8) is 0 Å². The first-order valence-electron chi connectivity index (χ1n) is 6.10. The summed E-state index contributed by atoms with van der Waals surface area (Å²) in [5.74, 6) is 1.49. The lowest BCUT2D eigenvalue weighted by molar-refractivity contribution is 0.208. The van der Waals surface area contributed by atoms with Crippen LogP contribution in [0.4, 0.5) is 0 Å². The average molecular weight is 200 g/mol. The second-order valence-electron chi connectivity index (χ2n) is 4.38. The van der Waals surface area contributed by atoms with Gasteiger partial charge in [0.15, 0.2) is 0 Å². The van der Waals surface area contributed by atoms with Gasteiger partial charge in [-0.15, -0.1) is 0 Å². The molecular formula is C12H28N2. The van der Waals surface area contributed by atoms with Crippen molar-refractivity contribution in [1.82, 2.24) is 4.90 Å². The zero-order chi connectivity index (χ0) is 11.0. The molecule has 0 aliphatic heterocycles. The van der Waals surface area contributed by atoms with Crippen LogP contribution in [0.25, 0.3) is 0 Å². The third kappa shape index (κ3) is 5.61. The zero-order valence-corrected chi connectivity index (χ0v) is 10.4. The van der Waals surface area contributed by atoms with Crippen LogP contribution in [0.15, 0.2) is 0 Å². The smallest absolute Gasteiger partial charge is 0.00191 e. The van der Waals surface area contributed by atoms with Crippen LogP contribution < -0.4 is 5.73 Å². The molecule has 0 fully saturated rings. The van der Waals surface area contributed by atoms with Crippen LogP contribution in [0.2, 0.25) is 0 Å². The number of hydrogen-bond acceptors (Lipinski definition) is 2. The van der Waals surface area contributed by atoms with Crippen LogP contribution in [-0.2, 0) is 0 Å². The summed E-state index contributed by atoms with van der Waals surface area (Å²) in [6, 6.07) is 0. The van der Waals surface area contributed by atoms with E-state index in [1.165, 1.54) is 19.4 Å². The maximum atomic E-state index is 5.64. The van der Waals surface area contributed by atoms with Crippen LogP contribution in [0.3, 0.4) is 0 Å². The molecule has 0 heterocycles. The lowest BCUT2D eigenvalue weighted by Gasteiger charge is -2.27. The molecule has 1 atom stereocenters. The molecule has 0 aliphatic carbocycles. The second kappa shape index (κ2) is 8.25. The number of rotatable bonds is 8. The Balaban J connectivity index is 3.88. The molecule has 0 bridgehead atoms. The van der Waals surface area contributed by atoms with E-state index in [9.17, 15) is 0 Å². The normalized spacial score (nSPS) is 13.9. The van der Waals surface area contributed by atoms with Crippen molar-refractivity contribution in [1.29, 1.82) is 0 Å². The van der Waals surface area contributed by atoms with Crippen LogP contribution in [0.5, 0.6) is 0 Å². The van der Waals surface area contributed by atoms with E-state index in [1.54, 1.807) is 0 Å². The third-order valence-corrected chi connectivity index (χ3v) is 3.09. The summed E-state index contributed by atoms with van der Waals surface area (Å²) < 4.78 is 0. The van der Waals surface area contributed by atoms with Crippen LogP contribution in [0.1, 0.15) is 40.5 Å². The number of nitrogens with two attached hydrogens (primary N) is 1. The average Bonchev–Trinajstić information content (AvgIpc) is 2.23. The summed E-state index contributed by atoms with van der Waals surface area (Å²) in [4.78, 5) is 2.54. The van der Waals surface area contributed by atoms with E-state index in [-0.39, 0.29) is 0 Å². The molecule has 2 N–H and O–H groups in total. The van der Waals surface area contributed by atoms with Gasteiger partial charge < -0.3 is 10.6 Å². The van der Waals surface area contributed by atoms with Crippen molar-refractivity contribution in [2.24, 2.45) is 17.6 Å². The molecule has 14 heavy (non-hydrogen) atoms. The number of hydrogen-bond donors (Lipinski definition) is 1. The quantitative estimate of drug-likeness (QED) is 0.651. The van der Waals surface area contributed by atoms with Gasteiger partial charge in [0.25, 0.3) is 0 Å². The largest absolute Gasteiger partial charge is 0.330 e. The van der Waals surface area contributed by atoms with Crippen molar-refractivity contribution in [3.8, 4) is 0 Å². The highest BCUT2D eigenvalue weighted by Crippen LogP contribution is 2.10. The lowest BCUT2D eigenvalue weighted by Crippen LogP contribution is -2.35. The first-order chi connectivity index (χ1) is 6.67. The summed E-state index contributed by atoms with van der Waals surface area (Å²) in [6.45, 7) is 13.4. The fraction of sp³-hybridized carbons (Fsp3) is 1.00. The topological polar surface area (TPSA) is 29.3 Å². The highest BCUT2D eigenvalue weighted by molar-refractivity contribution is 4.66. The Kier molecular flexibility index (Phi) is 8.20. The maximum absolute atomic E-state index is 5.64. The van der Waals surface area contributed by atoms with E-state index < -0.39 is 0 Å². The van der Waals surface area contributed by atoms with Gasteiger partial charge in [0, 0.05) is 13.1 Å². The highest BCUT2D eigenvalue weighted by atomic mass is 15.1. The Morgan fingerprint density at radius 1 is 1.07 bits per heavy atom. The van der Waals surface area contributed by atoms with Gasteiger partial charge in [-0.25, -0.2) is 0 Å². The summed E-state index contributed by atoms with van der Waals surface area (Å²) in [6.07, 6.45) is 2.59. The monoisotopic (exact) mass is 200 g/mol. The molecule has 0 aromatic heterocycles. The summed E-state index contributed by atoms with van der Waals surface area (Å²) in [7, 11) is 0. The van der Waals surface area contributed by atoms with Crippen LogP contribution >= 0.6 is 0 Å². The Labute approximate surface area is 89.9 Å². The van der Waals surface area contributed by atoms with Crippen molar-refractivity contribution in [3.05, 3.63) is 0 Å². The summed E-state index contributed by atoms with van der Waals surface area (Å²) in [5.41, 5.74) is 5.64. The van der Waals surface area contributed by atoms with Gasteiger partial charge in [0.2, 0.25) is 0 Å². The van der Waals surface area contributed by atoms with Crippen LogP contribution in [0, 0.1) is 11.8 Å². The van der Waals surface area contributed by atoms with Gasteiger partial charge >= 0.3 is 0 Å². The maximum Gasteiger partial charge on any atom is 0.00191 e. The minimum Gasteiger partial charge on any atom is -0.330 e. The van der Waals surface area contributed by atoms with E-state index >= 15 is 0 Å². The molecule has 0 spiro atoms. The minimum absolute atomic E-state index is 0.629. The highest BCUT2D eigenvalue weighted by Gasteiger charge is 2.11. The summed E-state index contributed by atoms with van der Waals surface area (Å²) in [5, 5.41) is 0. The Morgan fingerprint density at radius 3 is 2.00 bits per heavy atom. The Morgan fingerprint density at radius 2 is 1.64 bits per heavy atom. The van der Waals surface area contributed by atoms with Gasteiger partial charge in [-0.05, 0) is 24.9 Å². The van der Waals surface area contributed by atoms with Gasteiger partial charge in [0.1, 0.15) is 0 Å². The first kappa shape index (κ1) is 13.9. The van der Waals surface area contributed by atoms with Gasteiger partial charge in [-0.3, -0.25) is 0 Å². The van der Waals surface area contributed by atoms with E-state index in [1.807, 2.05) is 0 Å². The van der Waals surface area contributed by atoms with Gasteiger partial charge in [-0.2, -0.15) is 0 Å². The second-order valence-corrected chi connectivity index (χ2v) is 4.38. The standard InChI is InChI=1S/C12H28N2/c1-5-12(6-2)10-14(7-3)9-11(4)8-13/h11-12H,5-10,13H2,1-4H3. The Bertz CT molecular complexity index is 121. The molecule has 0 rings (SSSR count). The molecule has 1 unspecified atom stereocenters. The molecule has 0 amide bonds. The fourth-order valence-corrected chi connectivity index (χ4v) is 1.76.